The van der Waals surface area contributed by atoms with E-state index in [1.165, 1.54) is 5.56 Å². The van der Waals surface area contributed by atoms with Gasteiger partial charge < -0.3 is 9.30 Å². The van der Waals surface area contributed by atoms with Gasteiger partial charge in [-0.15, -0.1) is 0 Å². The summed E-state index contributed by atoms with van der Waals surface area (Å²) in [7, 11) is 1.63. The molecule has 6 rings (SSSR count). The molecule has 208 valence electrons. The summed E-state index contributed by atoms with van der Waals surface area (Å²) >= 11 is 6.11. The average molecular weight is 573 g/mol. The highest BCUT2D eigenvalue weighted by Crippen LogP contribution is 2.29. The van der Waals surface area contributed by atoms with Crippen LogP contribution in [-0.4, -0.2) is 28.8 Å². The van der Waals surface area contributed by atoms with Gasteiger partial charge in [0.1, 0.15) is 5.75 Å². The summed E-state index contributed by atoms with van der Waals surface area (Å²) in [6.07, 6.45) is 1.74. The van der Waals surface area contributed by atoms with Crippen LogP contribution in [0, 0.1) is 13.8 Å². The first-order valence-corrected chi connectivity index (χ1v) is 14.0. The molecule has 0 aliphatic heterocycles. The van der Waals surface area contributed by atoms with Gasteiger partial charge in [0.2, 0.25) is 0 Å². The molecular weight excluding hydrogens is 544 g/mol. The predicted molar refractivity (Wildman–Crippen MR) is 171 cm³/mol. The molecular formula is C35H29ClN4O2. The highest BCUT2D eigenvalue weighted by atomic mass is 35.5. The molecule has 2 aromatic heterocycles. The number of aromatic nitrogens is 2. The Morgan fingerprint density at radius 2 is 1.69 bits per heavy atom. The Morgan fingerprint density at radius 3 is 2.45 bits per heavy atom. The van der Waals surface area contributed by atoms with Gasteiger partial charge in [0.25, 0.3) is 5.91 Å². The van der Waals surface area contributed by atoms with Gasteiger partial charge in [-0.3, -0.25) is 4.79 Å². The molecule has 1 amide bonds. The van der Waals surface area contributed by atoms with Crippen molar-refractivity contribution in [3.8, 4) is 17.0 Å². The number of ether oxygens (including phenoxy) is 1. The standard InChI is InChI=1S/C35H29ClN4O2/c1-22-7-6-9-29-31(23(2)40(34(22)29)21-24-11-15-26(36)16-12-24)20-37-39-35(41)30-19-33(25-13-17-27(42-3)18-14-25)38-32-10-5-4-8-28(30)32/h4-20H,21H2,1-3H3,(H,39,41)/b37-20+. The molecule has 4 aromatic carbocycles. The van der Waals surface area contributed by atoms with Crippen molar-refractivity contribution in [3.63, 3.8) is 0 Å². The lowest BCUT2D eigenvalue weighted by Gasteiger charge is -2.10. The van der Waals surface area contributed by atoms with Crippen molar-refractivity contribution in [2.75, 3.05) is 7.11 Å². The van der Waals surface area contributed by atoms with E-state index in [4.69, 9.17) is 21.3 Å². The molecule has 6 nitrogen and oxygen atoms in total. The van der Waals surface area contributed by atoms with E-state index in [9.17, 15) is 4.79 Å². The molecule has 42 heavy (non-hydrogen) atoms. The zero-order valence-electron chi connectivity index (χ0n) is 23.6. The van der Waals surface area contributed by atoms with Crippen molar-refractivity contribution in [1.82, 2.24) is 15.0 Å². The predicted octanol–water partition coefficient (Wildman–Crippen LogP) is 7.95. The molecule has 0 saturated carbocycles. The van der Waals surface area contributed by atoms with Crippen LogP contribution in [0.1, 0.15) is 32.7 Å². The maximum atomic E-state index is 13.5. The number of carbonyl (C=O) groups excluding carboxylic acids is 1. The second-order valence-electron chi connectivity index (χ2n) is 10.2. The van der Waals surface area contributed by atoms with Gasteiger partial charge in [-0.2, -0.15) is 5.10 Å². The van der Waals surface area contributed by atoms with Crippen LogP contribution in [0.25, 0.3) is 33.1 Å². The minimum atomic E-state index is -0.307. The number of aryl methyl sites for hydroxylation is 1. The first kappa shape index (κ1) is 27.2. The molecule has 7 heteroatoms. The average Bonchev–Trinajstić information content (AvgIpc) is 3.28. The number of rotatable bonds is 7. The maximum absolute atomic E-state index is 13.5. The summed E-state index contributed by atoms with van der Waals surface area (Å²) in [5.41, 5.74) is 11.1. The Bertz CT molecular complexity index is 1960. The lowest BCUT2D eigenvalue weighted by Crippen LogP contribution is -2.18. The first-order chi connectivity index (χ1) is 20.4. The van der Waals surface area contributed by atoms with Crippen molar-refractivity contribution >= 4 is 45.5 Å². The lowest BCUT2D eigenvalue weighted by atomic mass is 10.0. The van der Waals surface area contributed by atoms with Crippen LogP contribution in [0.15, 0.2) is 102 Å². The van der Waals surface area contributed by atoms with Gasteiger partial charge in [0, 0.05) is 39.2 Å². The molecule has 1 N–H and O–H groups in total. The number of pyridine rings is 1. The van der Waals surface area contributed by atoms with E-state index >= 15 is 0 Å². The van der Waals surface area contributed by atoms with Gasteiger partial charge in [0.15, 0.2) is 0 Å². The number of hydrogen-bond acceptors (Lipinski definition) is 4. The molecule has 0 aliphatic carbocycles. The topological polar surface area (TPSA) is 68.5 Å². The number of fused-ring (bicyclic) bond motifs is 2. The number of nitrogens with zero attached hydrogens (tertiary/aromatic N) is 3. The van der Waals surface area contributed by atoms with Gasteiger partial charge in [-0.05, 0) is 73.5 Å². The molecule has 0 radical (unpaired) electrons. The highest BCUT2D eigenvalue weighted by Gasteiger charge is 2.16. The lowest BCUT2D eigenvalue weighted by molar-refractivity contribution is 0.0956. The smallest absolute Gasteiger partial charge is 0.272 e. The summed E-state index contributed by atoms with van der Waals surface area (Å²) in [6.45, 7) is 4.88. The van der Waals surface area contributed by atoms with E-state index in [0.717, 1.165) is 49.9 Å². The fourth-order valence-electron chi connectivity index (χ4n) is 5.36. The van der Waals surface area contributed by atoms with Crippen LogP contribution in [-0.2, 0) is 6.54 Å². The largest absolute Gasteiger partial charge is 0.497 e. The van der Waals surface area contributed by atoms with E-state index in [2.05, 4.69) is 41.1 Å². The maximum Gasteiger partial charge on any atom is 0.272 e. The third-order valence-corrected chi connectivity index (χ3v) is 7.80. The van der Waals surface area contributed by atoms with Gasteiger partial charge in [-0.25, -0.2) is 10.4 Å². The number of hydrazone groups is 1. The summed E-state index contributed by atoms with van der Waals surface area (Å²) in [5, 5.41) is 6.98. The van der Waals surface area contributed by atoms with Crippen LogP contribution in [0.3, 0.4) is 0 Å². The molecule has 0 atom stereocenters. The van der Waals surface area contributed by atoms with Crippen LogP contribution < -0.4 is 10.2 Å². The minimum Gasteiger partial charge on any atom is -0.497 e. The SMILES string of the molecule is COc1ccc(-c2cc(C(=O)N/N=C/c3c(C)n(Cc4ccc(Cl)cc4)c4c(C)cccc34)c3ccccc3n2)cc1. The van der Waals surface area contributed by atoms with Crippen LogP contribution in [0.5, 0.6) is 5.75 Å². The number of halogens is 1. The third kappa shape index (κ3) is 5.24. The molecule has 0 fully saturated rings. The summed E-state index contributed by atoms with van der Waals surface area (Å²) in [4.78, 5) is 18.3. The number of nitrogens with one attached hydrogen (secondary N) is 1. The van der Waals surface area contributed by atoms with Crippen LogP contribution >= 0.6 is 11.6 Å². The molecule has 0 spiro atoms. The summed E-state index contributed by atoms with van der Waals surface area (Å²) in [5.74, 6) is 0.449. The van der Waals surface area contributed by atoms with Gasteiger partial charge >= 0.3 is 0 Å². The quantitative estimate of drug-likeness (QED) is 0.156. The molecule has 0 unspecified atom stereocenters. The minimum absolute atomic E-state index is 0.307. The van der Waals surface area contributed by atoms with Crippen LogP contribution in [0.4, 0.5) is 0 Å². The number of para-hydroxylation sites is 2. The Hall–Kier alpha value is -4.94. The van der Waals surface area contributed by atoms with Gasteiger partial charge in [-0.1, -0.05) is 60.1 Å². The van der Waals surface area contributed by atoms with E-state index < -0.39 is 0 Å². The zero-order valence-corrected chi connectivity index (χ0v) is 24.3. The number of benzene rings is 4. The Morgan fingerprint density at radius 1 is 0.952 bits per heavy atom. The van der Waals surface area contributed by atoms with E-state index in [0.29, 0.717) is 22.8 Å². The molecule has 2 heterocycles. The highest BCUT2D eigenvalue weighted by molar-refractivity contribution is 6.30. The monoisotopic (exact) mass is 572 g/mol. The molecule has 6 aromatic rings. The summed E-state index contributed by atoms with van der Waals surface area (Å²) < 4.78 is 7.57. The van der Waals surface area contributed by atoms with Crippen molar-refractivity contribution < 1.29 is 9.53 Å². The Kier molecular flexibility index (Phi) is 7.46. The Labute approximate surface area is 249 Å². The molecule has 0 bridgehead atoms. The number of methoxy groups -OCH3 is 1. The van der Waals surface area contributed by atoms with Crippen molar-refractivity contribution in [1.29, 1.82) is 0 Å². The van der Waals surface area contributed by atoms with E-state index in [-0.39, 0.29) is 5.91 Å². The number of carbonyl (C=O) groups is 1. The second-order valence-corrected chi connectivity index (χ2v) is 10.6. The Balaban J connectivity index is 1.33. The van der Waals surface area contributed by atoms with Crippen molar-refractivity contribution in [2.24, 2.45) is 5.10 Å². The molecule has 0 saturated heterocycles. The second kappa shape index (κ2) is 11.5. The zero-order chi connectivity index (χ0) is 29.2. The van der Waals surface area contributed by atoms with E-state index in [1.54, 1.807) is 13.3 Å². The van der Waals surface area contributed by atoms with Crippen molar-refractivity contribution in [3.05, 3.63) is 130 Å². The first-order valence-electron chi connectivity index (χ1n) is 13.6. The van der Waals surface area contributed by atoms with Crippen LogP contribution in [0.2, 0.25) is 5.02 Å². The molecule has 0 aliphatic rings. The third-order valence-electron chi connectivity index (χ3n) is 7.55. The fraction of sp³-hybridized carbons (Fsp3) is 0.114. The van der Waals surface area contributed by atoms with Crippen molar-refractivity contribution in [2.45, 2.75) is 20.4 Å². The van der Waals surface area contributed by atoms with Gasteiger partial charge in [0.05, 0.1) is 35.6 Å². The normalized spacial score (nSPS) is 11.4. The number of amides is 1. The van der Waals surface area contributed by atoms with E-state index in [1.807, 2.05) is 84.9 Å². The summed E-state index contributed by atoms with van der Waals surface area (Å²) in [6, 6.07) is 31.2. The number of hydrogen-bond donors (Lipinski definition) is 1. The fourth-order valence-corrected chi connectivity index (χ4v) is 5.49.